The number of fused-ring (bicyclic) bond motifs is 2. The van der Waals surface area contributed by atoms with Crippen molar-refractivity contribution in [3.05, 3.63) is 35.4 Å². The van der Waals surface area contributed by atoms with Gasteiger partial charge >= 0.3 is 0 Å². The summed E-state index contributed by atoms with van der Waals surface area (Å²) in [6, 6.07) is 7.99. The van der Waals surface area contributed by atoms with Crippen molar-refractivity contribution in [1.82, 2.24) is 0 Å². The highest BCUT2D eigenvalue weighted by Crippen LogP contribution is 2.42. The monoisotopic (exact) mass is 348 g/mol. The Labute approximate surface area is 145 Å². The van der Waals surface area contributed by atoms with E-state index in [4.69, 9.17) is 0 Å². The molecule has 0 aromatic heterocycles. The molecule has 0 spiro atoms. The molecule has 2 bridgehead atoms. The zero-order valence-corrected chi connectivity index (χ0v) is 15.4. The van der Waals surface area contributed by atoms with Crippen molar-refractivity contribution >= 4 is 15.6 Å². The van der Waals surface area contributed by atoms with E-state index in [1.165, 1.54) is 31.2 Å². The number of hydrogen-bond acceptors (Lipinski definition) is 3. The maximum Gasteiger partial charge on any atom is 0.166 e. The number of aryl methyl sites for hydroxylation is 1. The Bertz CT molecular complexity index is 655. The summed E-state index contributed by atoms with van der Waals surface area (Å²) in [5.74, 6) is 0.0285. The second-order valence-electron chi connectivity index (χ2n) is 7.45. The van der Waals surface area contributed by atoms with Gasteiger partial charge in [-0.15, -0.1) is 0 Å². The molecule has 1 aromatic carbocycles. The van der Waals surface area contributed by atoms with Crippen LogP contribution in [0, 0.1) is 5.92 Å². The second-order valence-corrected chi connectivity index (χ2v) is 9.96. The Hall–Kier alpha value is -1.16. The highest BCUT2D eigenvalue weighted by Gasteiger charge is 2.48. The van der Waals surface area contributed by atoms with E-state index in [0.717, 1.165) is 24.8 Å². The van der Waals surface area contributed by atoms with Crippen LogP contribution in [0.1, 0.15) is 74.2 Å². The lowest BCUT2D eigenvalue weighted by Crippen LogP contribution is -2.36. The minimum absolute atomic E-state index is 0.110. The van der Waals surface area contributed by atoms with E-state index in [0.29, 0.717) is 12.8 Å². The van der Waals surface area contributed by atoms with Crippen molar-refractivity contribution in [2.24, 2.45) is 5.92 Å². The lowest BCUT2D eigenvalue weighted by molar-refractivity contribution is 0.0905. The number of unbranched alkanes of at least 4 members (excludes halogenated alkanes) is 3. The average Bonchev–Trinajstić information content (AvgIpc) is 2.77. The summed E-state index contributed by atoms with van der Waals surface area (Å²) in [6.45, 7) is 2.21. The van der Waals surface area contributed by atoms with Crippen molar-refractivity contribution in [1.29, 1.82) is 0 Å². The van der Waals surface area contributed by atoms with Crippen LogP contribution in [-0.4, -0.2) is 24.7 Å². The smallest absolute Gasteiger partial charge is 0.166 e. The van der Waals surface area contributed by atoms with Gasteiger partial charge in [0.15, 0.2) is 15.6 Å². The van der Waals surface area contributed by atoms with Gasteiger partial charge in [-0.2, -0.15) is 0 Å². The summed E-state index contributed by atoms with van der Waals surface area (Å²) in [6.07, 6.45) is 8.59. The number of Topliss-reactive ketones (excluding diaryl/α,β-unsaturated/α-hetero) is 1. The minimum atomic E-state index is -2.95. The summed E-state index contributed by atoms with van der Waals surface area (Å²) in [4.78, 5) is 12.7. The molecule has 3 nitrogen and oxygen atoms in total. The summed E-state index contributed by atoms with van der Waals surface area (Å²) in [5, 5.41) is -0.550. The van der Waals surface area contributed by atoms with E-state index in [1.54, 1.807) is 0 Å². The third-order valence-corrected chi connectivity index (χ3v) is 8.48. The fourth-order valence-corrected chi connectivity index (χ4v) is 6.72. The van der Waals surface area contributed by atoms with Crippen molar-refractivity contribution in [3.8, 4) is 0 Å². The fraction of sp³-hybridized carbons (Fsp3) is 0.650. The Kier molecular flexibility index (Phi) is 5.43. The van der Waals surface area contributed by atoms with Crippen LogP contribution in [0.3, 0.4) is 0 Å². The van der Waals surface area contributed by atoms with Gasteiger partial charge in [0.05, 0.1) is 10.5 Å². The number of carbonyl (C=O) groups is 1. The molecule has 2 unspecified atom stereocenters. The van der Waals surface area contributed by atoms with Gasteiger partial charge < -0.3 is 0 Å². The lowest BCUT2D eigenvalue weighted by atomic mass is 9.90. The van der Waals surface area contributed by atoms with Crippen molar-refractivity contribution < 1.29 is 13.2 Å². The summed E-state index contributed by atoms with van der Waals surface area (Å²) >= 11 is 0. The molecule has 0 aliphatic carbocycles. The maximum atomic E-state index is 12.7. The quantitative estimate of drug-likeness (QED) is 0.544. The van der Waals surface area contributed by atoms with Gasteiger partial charge in [-0.1, -0.05) is 50.5 Å². The number of benzene rings is 1. The zero-order chi connectivity index (χ0) is 17.2. The molecular weight excluding hydrogens is 320 g/mol. The zero-order valence-electron chi connectivity index (χ0n) is 14.5. The number of ketones is 1. The number of hydrogen-bond donors (Lipinski definition) is 0. The third-order valence-electron chi connectivity index (χ3n) is 5.76. The topological polar surface area (TPSA) is 51.2 Å². The predicted molar refractivity (Wildman–Crippen MR) is 97.1 cm³/mol. The van der Waals surface area contributed by atoms with Crippen molar-refractivity contribution in [2.45, 2.75) is 75.2 Å². The van der Waals surface area contributed by atoms with Crippen LogP contribution < -0.4 is 0 Å². The first-order chi connectivity index (χ1) is 11.5. The largest absolute Gasteiger partial charge is 0.294 e. The van der Waals surface area contributed by atoms with E-state index in [9.17, 15) is 13.2 Å². The molecule has 0 N–H and O–H groups in total. The number of sulfone groups is 1. The molecule has 4 heteroatoms. The Morgan fingerprint density at radius 3 is 2.21 bits per heavy atom. The summed E-state index contributed by atoms with van der Waals surface area (Å²) < 4.78 is 24.3. The van der Waals surface area contributed by atoms with Gasteiger partial charge in [0.1, 0.15) is 0 Å². The summed E-state index contributed by atoms with van der Waals surface area (Å²) in [7, 11) is -2.95. The van der Waals surface area contributed by atoms with Crippen LogP contribution in [0.2, 0.25) is 0 Å². The van der Waals surface area contributed by atoms with Crippen molar-refractivity contribution in [3.63, 3.8) is 0 Å². The number of carbonyl (C=O) groups excluding carboxylic acids is 1. The van der Waals surface area contributed by atoms with E-state index < -0.39 is 9.84 Å². The first-order valence-corrected chi connectivity index (χ1v) is 11.0. The SMILES string of the molecule is CCCCCCc1ccc(C(=O)C2CC3CCC(C2)S3(=O)=O)cc1. The van der Waals surface area contributed by atoms with Gasteiger partial charge in [-0.3, -0.25) is 4.79 Å². The van der Waals surface area contributed by atoms with Gasteiger partial charge in [-0.25, -0.2) is 8.42 Å². The molecule has 2 fully saturated rings. The summed E-state index contributed by atoms with van der Waals surface area (Å²) in [5.41, 5.74) is 2.03. The maximum absolute atomic E-state index is 12.7. The second kappa shape index (κ2) is 7.38. The highest BCUT2D eigenvalue weighted by atomic mass is 32.2. The van der Waals surface area contributed by atoms with E-state index >= 15 is 0 Å². The first kappa shape index (κ1) is 17.7. The van der Waals surface area contributed by atoms with Gasteiger partial charge in [0.25, 0.3) is 0 Å². The highest BCUT2D eigenvalue weighted by molar-refractivity contribution is 7.93. The molecule has 0 saturated carbocycles. The Balaban J connectivity index is 1.60. The molecule has 0 amide bonds. The molecule has 1 aromatic rings. The van der Waals surface area contributed by atoms with E-state index in [1.807, 2.05) is 12.1 Å². The van der Waals surface area contributed by atoms with Crippen LogP contribution in [0.25, 0.3) is 0 Å². The van der Waals surface area contributed by atoms with E-state index in [-0.39, 0.29) is 22.2 Å². The Morgan fingerprint density at radius 1 is 1.00 bits per heavy atom. The fourth-order valence-electron chi connectivity index (χ4n) is 4.25. The first-order valence-electron chi connectivity index (χ1n) is 9.38. The molecule has 2 atom stereocenters. The Morgan fingerprint density at radius 2 is 1.62 bits per heavy atom. The molecule has 24 heavy (non-hydrogen) atoms. The van der Waals surface area contributed by atoms with Gasteiger partial charge in [0, 0.05) is 11.5 Å². The molecule has 3 rings (SSSR count). The lowest BCUT2D eigenvalue weighted by Gasteiger charge is -2.27. The molecule has 2 saturated heterocycles. The van der Waals surface area contributed by atoms with Crippen LogP contribution in [0.4, 0.5) is 0 Å². The predicted octanol–water partition coefficient (Wildman–Crippen LogP) is 4.35. The average molecular weight is 349 g/mol. The molecule has 2 aliphatic rings. The van der Waals surface area contributed by atoms with Crippen LogP contribution in [0.15, 0.2) is 24.3 Å². The minimum Gasteiger partial charge on any atom is -0.294 e. The normalized spacial score (nSPS) is 28.0. The molecule has 0 radical (unpaired) electrons. The van der Waals surface area contributed by atoms with Crippen LogP contribution >= 0.6 is 0 Å². The third kappa shape index (κ3) is 3.58. The van der Waals surface area contributed by atoms with Gasteiger partial charge in [0.2, 0.25) is 0 Å². The van der Waals surface area contributed by atoms with Crippen LogP contribution in [0.5, 0.6) is 0 Å². The van der Waals surface area contributed by atoms with Crippen LogP contribution in [-0.2, 0) is 16.3 Å². The molecule has 132 valence electrons. The molecular formula is C20H28O3S. The number of rotatable bonds is 7. The molecule has 2 aliphatic heterocycles. The van der Waals surface area contributed by atoms with Gasteiger partial charge in [-0.05, 0) is 44.1 Å². The molecule has 2 heterocycles. The standard InChI is InChI=1S/C20H28O3S/c1-2-3-4-5-6-15-7-9-16(10-8-15)20(21)17-13-18-11-12-19(14-17)24(18,22)23/h7-10,17-19H,2-6,11-14H2,1H3. The van der Waals surface area contributed by atoms with E-state index in [2.05, 4.69) is 19.1 Å². The van der Waals surface area contributed by atoms with Crippen molar-refractivity contribution in [2.75, 3.05) is 0 Å².